The Balaban J connectivity index is 1.84. The van der Waals surface area contributed by atoms with Crippen molar-refractivity contribution in [3.05, 3.63) is 23.8 Å². The Labute approximate surface area is 113 Å². The first kappa shape index (κ1) is 12.7. The van der Waals surface area contributed by atoms with E-state index in [2.05, 4.69) is 16.8 Å². The molecule has 2 unspecified atom stereocenters. The molecule has 0 amide bonds. The Bertz CT molecular complexity index is 466. The highest BCUT2D eigenvalue weighted by Gasteiger charge is 2.35. The van der Waals surface area contributed by atoms with Gasteiger partial charge in [-0.05, 0) is 19.2 Å². The third kappa shape index (κ3) is 2.29. The summed E-state index contributed by atoms with van der Waals surface area (Å²) in [7, 11) is 2.14. The maximum absolute atomic E-state index is 9.51. The molecule has 2 aliphatic rings. The molecule has 1 aromatic rings. The minimum atomic E-state index is 0.258. The van der Waals surface area contributed by atoms with Gasteiger partial charge < -0.3 is 20.5 Å². The monoisotopic (exact) mass is 263 g/mol. The molecule has 5 nitrogen and oxygen atoms in total. The summed E-state index contributed by atoms with van der Waals surface area (Å²) in [5.74, 6) is 1.06. The number of benzene rings is 1. The molecule has 1 fully saturated rings. The van der Waals surface area contributed by atoms with E-state index < -0.39 is 0 Å². The summed E-state index contributed by atoms with van der Waals surface area (Å²) in [4.78, 5) is 4.77. The first-order valence-corrected chi connectivity index (χ1v) is 6.79. The van der Waals surface area contributed by atoms with Crippen molar-refractivity contribution < 1.29 is 9.84 Å². The van der Waals surface area contributed by atoms with Crippen molar-refractivity contribution in [3.8, 4) is 11.5 Å². The van der Waals surface area contributed by atoms with Crippen LogP contribution >= 0.6 is 0 Å². The number of ether oxygens (including phenoxy) is 1. The number of phenols is 1. The van der Waals surface area contributed by atoms with Gasteiger partial charge in [-0.2, -0.15) is 0 Å². The molecule has 2 atom stereocenters. The highest BCUT2D eigenvalue weighted by Crippen LogP contribution is 2.39. The first-order chi connectivity index (χ1) is 9.19. The average Bonchev–Trinajstić information content (AvgIpc) is 2.81. The van der Waals surface area contributed by atoms with Gasteiger partial charge in [0.05, 0.1) is 6.04 Å². The number of rotatable bonds is 2. The van der Waals surface area contributed by atoms with Crippen LogP contribution in [0.5, 0.6) is 11.5 Å². The molecule has 0 bridgehead atoms. The quantitative estimate of drug-likeness (QED) is 0.809. The minimum Gasteiger partial charge on any atom is -0.508 e. The van der Waals surface area contributed by atoms with Crippen molar-refractivity contribution in [2.45, 2.75) is 12.1 Å². The predicted molar refractivity (Wildman–Crippen MR) is 73.4 cm³/mol. The second-order valence-electron chi connectivity index (χ2n) is 5.44. The molecular formula is C14H21N3O2. The molecule has 0 radical (unpaired) electrons. The normalized spacial score (nSPS) is 28.1. The largest absolute Gasteiger partial charge is 0.508 e. The van der Waals surface area contributed by atoms with Crippen molar-refractivity contribution in [2.24, 2.45) is 5.73 Å². The summed E-state index contributed by atoms with van der Waals surface area (Å²) < 4.78 is 5.71. The van der Waals surface area contributed by atoms with Crippen molar-refractivity contribution in [3.63, 3.8) is 0 Å². The number of fused-ring (bicyclic) bond motifs is 1. The zero-order valence-electron chi connectivity index (χ0n) is 11.2. The van der Waals surface area contributed by atoms with Gasteiger partial charge in [-0.3, -0.25) is 4.90 Å². The molecule has 19 heavy (non-hydrogen) atoms. The molecule has 0 aromatic heterocycles. The molecule has 0 spiro atoms. The highest BCUT2D eigenvalue weighted by atomic mass is 16.5. The van der Waals surface area contributed by atoms with Crippen LogP contribution in [0.3, 0.4) is 0 Å². The fourth-order valence-electron chi connectivity index (χ4n) is 3.10. The summed E-state index contributed by atoms with van der Waals surface area (Å²) in [6, 6.07) is 6.02. The van der Waals surface area contributed by atoms with Crippen LogP contribution in [0.4, 0.5) is 0 Å². The van der Waals surface area contributed by atoms with Crippen molar-refractivity contribution in [1.82, 2.24) is 9.80 Å². The number of hydrogen-bond donors (Lipinski definition) is 2. The lowest BCUT2D eigenvalue weighted by Gasteiger charge is -2.42. The van der Waals surface area contributed by atoms with Gasteiger partial charge in [0, 0.05) is 43.9 Å². The van der Waals surface area contributed by atoms with E-state index in [-0.39, 0.29) is 11.8 Å². The van der Waals surface area contributed by atoms with Gasteiger partial charge >= 0.3 is 0 Å². The first-order valence-electron chi connectivity index (χ1n) is 6.79. The van der Waals surface area contributed by atoms with Crippen LogP contribution in [0.25, 0.3) is 0 Å². The molecule has 1 aromatic carbocycles. The summed E-state index contributed by atoms with van der Waals surface area (Å²) in [6.07, 6.45) is 0. The Hall–Kier alpha value is -1.30. The predicted octanol–water partition coefficient (Wildman–Crippen LogP) is 0.400. The van der Waals surface area contributed by atoms with Crippen molar-refractivity contribution >= 4 is 0 Å². The van der Waals surface area contributed by atoms with Crippen LogP contribution in [-0.2, 0) is 0 Å². The minimum absolute atomic E-state index is 0.258. The van der Waals surface area contributed by atoms with Gasteiger partial charge in [-0.15, -0.1) is 0 Å². The Morgan fingerprint density at radius 3 is 3.05 bits per heavy atom. The molecule has 0 saturated carbocycles. The Morgan fingerprint density at radius 2 is 2.26 bits per heavy atom. The summed E-state index contributed by atoms with van der Waals surface area (Å²) in [5.41, 5.74) is 7.09. The number of piperazine rings is 1. The smallest absolute Gasteiger partial charge is 0.127 e. The van der Waals surface area contributed by atoms with Gasteiger partial charge in [0.1, 0.15) is 18.1 Å². The molecular weight excluding hydrogens is 242 g/mol. The van der Waals surface area contributed by atoms with Gasteiger partial charge in [-0.1, -0.05) is 0 Å². The molecule has 1 saturated heterocycles. The molecule has 3 rings (SSSR count). The molecule has 2 aliphatic heterocycles. The Kier molecular flexibility index (Phi) is 3.35. The lowest BCUT2D eigenvalue weighted by Crippen LogP contribution is -2.56. The molecule has 2 heterocycles. The fraction of sp³-hybridized carbons (Fsp3) is 0.571. The van der Waals surface area contributed by atoms with E-state index >= 15 is 0 Å². The van der Waals surface area contributed by atoms with Crippen LogP contribution in [0, 0.1) is 0 Å². The lowest BCUT2D eigenvalue weighted by atomic mass is 10.0. The second-order valence-corrected chi connectivity index (χ2v) is 5.44. The maximum Gasteiger partial charge on any atom is 0.127 e. The average molecular weight is 263 g/mol. The summed E-state index contributed by atoms with van der Waals surface area (Å²) >= 11 is 0. The van der Waals surface area contributed by atoms with E-state index in [9.17, 15) is 5.11 Å². The van der Waals surface area contributed by atoms with E-state index in [1.165, 1.54) is 5.56 Å². The lowest BCUT2D eigenvalue weighted by molar-refractivity contribution is 0.0469. The fourth-order valence-corrected chi connectivity index (χ4v) is 3.10. The topological polar surface area (TPSA) is 62.0 Å². The standard InChI is InChI=1S/C14H21N3O2/c1-16-4-5-17(10(7-15)8-16)13-9-19-14-6-11(18)2-3-12(13)14/h2-3,6,10,13,18H,4-5,7-9,15H2,1H3. The van der Waals surface area contributed by atoms with Crippen molar-refractivity contribution in [1.29, 1.82) is 0 Å². The van der Waals surface area contributed by atoms with Gasteiger partial charge in [0.15, 0.2) is 0 Å². The SMILES string of the molecule is CN1CCN(C2COc3cc(O)ccc32)C(CN)C1. The highest BCUT2D eigenvalue weighted by molar-refractivity contribution is 5.44. The number of likely N-dealkylation sites (N-methyl/N-ethyl adjacent to an activating group) is 1. The van der Waals surface area contributed by atoms with Crippen molar-refractivity contribution in [2.75, 3.05) is 39.8 Å². The van der Waals surface area contributed by atoms with E-state index in [0.717, 1.165) is 25.4 Å². The third-order valence-electron chi connectivity index (χ3n) is 4.16. The molecule has 3 N–H and O–H groups in total. The number of aromatic hydroxyl groups is 1. The molecule has 104 valence electrons. The number of nitrogens with zero attached hydrogens (tertiary/aromatic N) is 2. The third-order valence-corrected chi connectivity index (χ3v) is 4.16. The van der Waals surface area contributed by atoms with E-state index in [0.29, 0.717) is 19.2 Å². The molecule has 0 aliphatic carbocycles. The van der Waals surface area contributed by atoms with Crippen LogP contribution in [0.2, 0.25) is 0 Å². The molecule has 5 heteroatoms. The van der Waals surface area contributed by atoms with Crippen LogP contribution < -0.4 is 10.5 Å². The zero-order valence-corrected chi connectivity index (χ0v) is 11.2. The second kappa shape index (κ2) is 5.00. The van der Waals surface area contributed by atoms with E-state index in [1.54, 1.807) is 12.1 Å². The number of nitrogens with two attached hydrogens (primary N) is 1. The van der Waals surface area contributed by atoms with Gasteiger partial charge in [-0.25, -0.2) is 0 Å². The van der Waals surface area contributed by atoms with E-state index in [4.69, 9.17) is 10.5 Å². The van der Waals surface area contributed by atoms with Crippen LogP contribution in [0.15, 0.2) is 18.2 Å². The Morgan fingerprint density at radius 1 is 1.42 bits per heavy atom. The summed E-state index contributed by atoms with van der Waals surface area (Å²) in [5, 5.41) is 9.51. The van der Waals surface area contributed by atoms with Crippen LogP contribution in [-0.4, -0.2) is 60.8 Å². The van der Waals surface area contributed by atoms with E-state index in [1.807, 2.05) is 6.07 Å². The van der Waals surface area contributed by atoms with Crippen LogP contribution in [0.1, 0.15) is 11.6 Å². The summed E-state index contributed by atoms with van der Waals surface area (Å²) in [6.45, 7) is 4.38. The maximum atomic E-state index is 9.51. The number of hydrogen-bond acceptors (Lipinski definition) is 5. The zero-order chi connectivity index (χ0) is 13.4. The van der Waals surface area contributed by atoms with Gasteiger partial charge in [0.25, 0.3) is 0 Å². The van der Waals surface area contributed by atoms with Gasteiger partial charge in [0.2, 0.25) is 0 Å². The number of phenolic OH excluding ortho intramolecular Hbond substituents is 1.